The summed E-state index contributed by atoms with van der Waals surface area (Å²) in [7, 11) is 3.38. The average Bonchev–Trinajstić information content (AvgIpc) is 3.34. The van der Waals surface area contributed by atoms with Crippen LogP contribution in [0.2, 0.25) is 5.02 Å². The monoisotopic (exact) mass is 477 g/mol. The predicted molar refractivity (Wildman–Crippen MR) is 129 cm³/mol. The maximum Gasteiger partial charge on any atom is 0.226 e. The smallest absolute Gasteiger partial charge is 0.226 e. The highest BCUT2D eigenvalue weighted by Gasteiger charge is 2.17. The van der Waals surface area contributed by atoms with E-state index in [0.717, 1.165) is 11.4 Å². The van der Waals surface area contributed by atoms with Crippen LogP contribution in [0.3, 0.4) is 0 Å². The molecule has 0 saturated carbocycles. The minimum absolute atomic E-state index is 0.0407. The molecule has 10 heteroatoms. The van der Waals surface area contributed by atoms with Crippen LogP contribution in [0.15, 0.2) is 49.1 Å². The Morgan fingerprint density at radius 1 is 1.24 bits per heavy atom. The highest BCUT2D eigenvalue weighted by atomic mass is 35.5. The second-order valence-corrected chi connectivity index (χ2v) is 8.25. The third kappa shape index (κ3) is 4.92. The van der Waals surface area contributed by atoms with Crippen molar-refractivity contribution >= 4 is 45.5 Å². The number of aromatic nitrogens is 3. The van der Waals surface area contributed by atoms with Gasteiger partial charge >= 0.3 is 0 Å². The van der Waals surface area contributed by atoms with Gasteiger partial charge in [0.2, 0.25) is 5.91 Å². The summed E-state index contributed by atoms with van der Waals surface area (Å²) in [6.45, 7) is 0.480. The number of halogens is 2. The van der Waals surface area contributed by atoms with Gasteiger partial charge in [-0.1, -0.05) is 11.6 Å². The molecule has 34 heavy (non-hydrogen) atoms. The molecule has 0 unspecified atom stereocenters. The van der Waals surface area contributed by atoms with Crippen molar-refractivity contribution < 1.29 is 9.18 Å². The summed E-state index contributed by atoms with van der Waals surface area (Å²) in [5, 5.41) is 16.8. The highest BCUT2D eigenvalue weighted by Crippen LogP contribution is 2.34. The number of likely N-dealkylation sites (N-methyl/N-ethyl adjacent to an activating group) is 1. The molecule has 0 aliphatic rings. The van der Waals surface area contributed by atoms with E-state index >= 15 is 0 Å². The van der Waals surface area contributed by atoms with E-state index in [4.69, 9.17) is 11.6 Å². The van der Waals surface area contributed by atoms with Gasteiger partial charge in [-0.25, -0.2) is 9.37 Å². The zero-order valence-corrected chi connectivity index (χ0v) is 19.2. The molecule has 4 rings (SSSR count). The number of pyridine rings is 1. The number of imidazole rings is 1. The molecule has 2 heterocycles. The molecule has 8 nitrogen and oxygen atoms in total. The van der Waals surface area contributed by atoms with Crippen LogP contribution in [0.1, 0.15) is 16.8 Å². The van der Waals surface area contributed by atoms with Crippen molar-refractivity contribution in [3.8, 4) is 6.07 Å². The van der Waals surface area contributed by atoms with Gasteiger partial charge in [-0.3, -0.25) is 9.78 Å². The van der Waals surface area contributed by atoms with E-state index in [-0.39, 0.29) is 17.4 Å². The summed E-state index contributed by atoms with van der Waals surface area (Å²) in [5.41, 5.74) is 4.19. The summed E-state index contributed by atoms with van der Waals surface area (Å²) in [6, 6.07) is 10.1. The zero-order valence-electron chi connectivity index (χ0n) is 18.5. The first-order valence-corrected chi connectivity index (χ1v) is 10.7. The number of hydrogen-bond acceptors (Lipinski definition) is 6. The van der Waals surface area contributed by atoms with Gasteiger partial charge in [0, 0.05) is 43.3 Å². The number of nitrogens with one attached hydrogen (secondary N) is 3. The third-order valence-corrected chi connectivity index (χ3v) is 5.53. The van der Waals surface area contributed by atoms with Crippen LogP contribution < -0.4 is 10.6 Å². The number of amides is 1. The van der Waals surface area contributed by atoms with E-state index in [1.54, 1.807) is 26.6 Å². The number of hydrogen-bond donors (Lipinski definition) is 3. The lowest BCUT2D eigenvalue weighted by molar-refractivity contribution is -0.127. The minimum atomic E-state index is -0.540. The van der Waals surface area contributed by atoms with Gasteiger partial charge in [-0.05, 0) is 35.9 Å². The van der Waals surface area contributed by atoms with Gasteiger partial charge in [0.05, 0.1) is 46.8 Å². The van der Waals surface area contributed by atoms with Crippen LogP contribution in [-0.4, -0.2) is 39.9 Å². The first kappa shape index (κ1) is 23.0. The second kappa shape index (κ2) is 9.77. The summed E-state index contributed by atoms with van der Waals surface area (Å²) in [4.78, 5) is 25.6. The van der Waals surface area contributed by atoms with Gasteiger partial charge in [0.25, 0.3) is 0 Å². The molecule has 0 bridgehead atoms. The fourth-order valence-electron chi connectivity index (χ4n) is 3.45. The topological polar surface area (TPSA) is 110 Å². The Hall–Kier alpha value is -4.16. The van der Waals surface area contributed by atoms with Crippen molar-refractivity contribution in [2.75, 3.05) is 24.7 Å². The number of carbonyl (C=O) groups is 1. The van der Waals surface area contributed by atoms with Crippen molar-refractivity contribution in [3.63, 3.8) is 0 Å². The van der Waals surface area contributed by atoms with E-state index in [1.807, 2.05) is 12.1 Å². The van der Waals surface area contributed by atoms with E-state index in [2.05, 4.69) is 31.7 Å². The first-order valence-electron chi connectivity index (χ1n) is 10.3. The number of anilines is 3. The van der Waals surface area contributed by atoms with Crippen molar-refractivity contribution in [1.82, 2.24) is 19.9 Å². The quantitative estimate of drug-likeness (QED) is 0.358. The fourth-order valence-corrected chi connectivity index (χ4v) is 3.63. The molecule has 2 aromatic heterocycles. The van der Waals surface area contributed by atoms with Gasteiger partial charge < -0.3 is 20.5 Å². The summed E-state index contributed by atoms with van der Waals surface area (Å²) < 4.78 is 13.7. The lowest BCUT2D eigenvalue weighted by atomic mass is 10.0. The normalized spacial score (nSPS) is 10.7. The zero-order chi connectivity index (χ0) is 24.2. The van der Waals surface area contributed by atoms with Crippen LogP contribution >= 0.6 is 11.6 Å². The maximum atomic E-state index is 13.7. The van der Waals surface area contributed by atoms with Crippen molar-refractivity contribution in [3.05, 3.63) is 76.7 Å². The minimum Gasteiger partial charge on any atom is -0.379 e. The molecule has 0 radical (unpaired) electrons. The Kier molecular flexibility index (Phi) is 6.61. The van der Waals surface area contributed by atoms with Crippen molar-refractivity contribution in [1.29, 1.82) is 5.26 Å². The van der Waals surface area contributed by atoms with E-state index < -0.39 is 5.82 Å². The van der Waals surface area contributed by atoms with Gasteiger partial charge in [0.1, 0.15) is 11.9 Å². The molecule has 0 aliphatic heterocycles. The number of H-pyrrole nitrogens is 1. The number of benzene rings is 2. The highest BCUT2D eigenvalue weighted by molar-refractivity contribution is 6.31. The Bertz CT molecular complexity index is 1400. The number of nitrogens with zero attached hydrogens (tertiary/aromatic N) is 4. The molecule has 2 aromatic carbocycles. The molecule has 0 spiro atoms. The predicted octanol–water partition coefficient (Wildman–Crippen LogP) is 4.61. The number of carbonyl (C=O) groups excluding carboxylic acids is 1. The van der Waals surface area contributed by atoms with E-state index in [1.165, 1.54) is 29.3 Å². The standard InChI is InChI=1S/C24H21ClFN7O/c1-33(2)22(34)6-14-5-17(29-12-18-11-28-13-31-18)7-19-23(14)30-10-15(9-27)24(19)32-16-3-4-21(26)20(25)8-16/h3-5,7-8,10-11,13,29H,6,12H2,1-2H3,(H,28,31)(H,30,32). The Labute approximate surface area is 200 Å². The van der Waals surface area contributed by atoms with E-state index in [0.29, 0.717) is 39.9 Å². The summed E-state index contributed by atoms with van der Waals surface area (Å²) >= 11 is 5.95. The SMILES string of the molecule is CN(C)C(=O)Cc1cc(NCc2cnc[nH]2)cc2c(Nc3ccc(F)c(Cl)c3)c(C#N)cnc12. The summed E-state index contributed by atoms with van der Waals surface area (Å²) in [5.74, 6) is -0.625. The molecule has 172 valence electrons. The lowest BCUT2D eigenvalue weighted by Gasteiger charge is -2.17. The van der Waals surface area contributed by atoms with Crippen molar-refractivity contribution in [2.24, 2.45) is 0 Å². The second-order valence-electron chi connectivity index (χ2n) is 7.84. The van der Waals surface area contributed by atoms with Crippen LogP contribution in [0.25, 0.3) is 10.9 Å². The van der Waals surface area contributed by atoms with Gasteiger partial charge in [-0.15, -0.1) is 0 Å². The molecule has 3 N–H and O–H groups in total. The number of aromatic amines is 1. The molecule has 4 aromatic rings. The van der Waals surface area contributed by atoms with Crippen LogP contribution in [0.5, 0.6) is 0 Å². The Morgan fingerprint density at radius 3 is 2.74 bits per heavy atom. The summed E-state index contributed by atoms with van der Waals surface area (Å²) in [6.07, 6.45) is 4.89. The molecular formula is C24H21ClFN7O. The van der Waals surface area contributed by atoms with Gasteiger partial charge in [0.15, 0.2) is 0 Å². The van der Waals surface area contributed by atoms with Gasteiger partial charge in [-0.2, -0.15) is 5.26 Å². The third-order valence-electron chi connectivity index (χ3n) is 5.24. The Morgan fingerprint density at radius 2 is 2.06 bits per heavy atom. The average molecular weight is 478 g/mol. The first-order chi connectivity index (χ1) is 16.4. The molecule has 0 aliphatic carbocycles. The molecule has 0 saturated heterocycles. The molecular weight excluding hydrogens is 457 g/mol. The number of nitriles is 1. The molecule has 1 amide bonds. The van der Waals surface area contributed by atoms with Crippen LogP contribution in [-0.2, 0) is 17.8 Å². The van der Waals surface area contributed by atoms with Crippen LogP contribution in [0.4, 0.5) is 21.5 Å². The number of fused-ring (bicyclic) bond motifs is 1. The van der Waals surface area contributed by atoms with Crippen molar-refractivity contribution in [2.45, 2.75) is 13.0 Å². The maximum absolute atomic E-state index is 13.7. The van der Waals surface area contributed by atoms with E-state index in [9.17, 15) is 14.4 Å². The lowest BCUT2D eigenvalue weighted by Crippen LogP contribution is -2.23. The largest absolute Gasteiger partial charge is 0.379 e. The molecule has 0 atom stereocenters. The van der Waals surface area contributed by atoms with Crippen LogP contribution in [0, 0.1) is 17.1 Å². The number of rotatable bonds is 7. The fraction of sp³-hybridized carbons (Fsp3) is 0.167. The Balaban J connectivity index is 1.84. The molecule has 0 fully saturated rings.